The molecule has 0 spiro atoms. The van der Waals surface area contributed by atoms with Crippen LogP contribution in [0.2, 0.25) is 0 Å². The van der Waals surface area contributed by atoms with Crippen LogP contribution in [-0.2, 0) is 20.4 Å². The van der Waals surface area contributed by atoms with Crippen LogP contribution < -0.4 is 0 Å². The van der Waals surface area contributed by atoms with Crippen LogP contribution in [0.25, 0.3) is 0 Å². The molecule has 1 heterocycles. The molecule has 1 aromatic heterocycles. The largest absolute Gasteiger partial charge is 0.394 e. The van der Waals surface area contributed by atoms with Gasteiger partial charge >= 0.3 is 0 Å². The van der Waals surface area contributed by atoms with Crippen LogP contribution in [0.5, 0.6) is 0 Å². The Labute approximate surface area is 83.9 Å². The number of rotatable bonds is 0. The normalized spacial score (nSPS) is 5.45. The summed E-state index contributed by atoms with van der Waals surface area (Å²) in [4.78, 5) is 3.66. The van der Waals surface area contributed by atoms with Gasteiger partial charge in [0.15, 0.2) is 0 Å². The van der Waals surface area contributed by atoms with E-state index < -0.39 is 0 Å². The first-order valence-electron chi connectivity index (χ1n) is 3.77. The predicted octanol–water partition coefficient (Wildman–Crippen LogP) is 2.93. The minimum atomic E-state index is 0. The zero-order valence-corrected chi connectivity index (χ0v) is 10.4. The molecular weight excluding hydrogens is 308 g/mol. The van der Waals surface area contributed by atoms with Crippen molar-refractivity contribution in [2.24, 2.45) is 0 Å². The maximum Gasteiger partial charge on any atom is 0 e. The Bertz CT molecular complexity index is 81.5. The molecule has 2 heteroatoms. The first-order valence-corrected chi connectivity index (χ1v) is 3.77. The van der Waals surface area contributed by atoms with Crippen molar-refractivity contribution in [3.8, 4) is 0 Å². The van der Waals surface area contributed by atoms with E-state index in [2.05, 4.69) is 11.2 Å². The Morgan fingerprint density at radius 1 is 1.00 bits per heavy atom. The van der Waals surface area contributed by atoms with Crippen molar-refractivity contribution >= 4 is 0 Å². The maximum atomic E-state index is 3.66. The van der Waals surface area contributed by atoms with Gasteiger partial charge in [0.2, 0.25) is 0 Å². The summed E-state index contributed by atoms with van der Waals surface area (Å²) in [6, 6.07) is 5.50. The molecule has 65 valence electrons. The monoisotopic (exact) mass is 325 g/mol. The summed E-state index contributed by atoms with van der Waals surface area (Å²) in [6.45, 7) is 8.00. The van der Waals surface area contributed by atoms with Gasteiger partial charge in [0.25, 0.3) is 0 Å². The molecule has 0 saturated heterocycles. The molecule has 0 aliphatic heterocycles. The van der Waals surface area contributed by atoms with Crippen molar-refractivity contribution in [1.29, 1.82) is 0 Å². The van der Waals surface area contributed by atoms with E-state index in [1.54, 1.807) is 12.3 Å². The minimum absolute atomic E-state index is 0. The Kier molecular flexibility index (Phi) is 35.0. The molecule has 0 atom stereocenters. The Morgan fingerprint density at radius 2 is 1.55 bits per heavy atom. The van der Waals surface area contributed by atoms with Crippen LogP contribution in [0.3, 0.4) is 0 Å². The maximum absolute atomic E-state index is 3.66. The second kappa shape index (κ2) is 22.6. The second-order valence-corrected chi connectivity index (χ2v) is 0.959. The predicted molar refractivity (Wildman–Crippen MR) is 45.8 cm³/mol. The number of aromatic nitrogens is 1. The quantitative estimate of drug-likeness (QED) is 0.669. The van der Waals surface area contributed by atoms with Gasteiger partial charge in [0.05, 0.1) is 0 Å². The molecule has 0 fully saturated rings. The van der Waals surface area contributed by atoms with Gasteiger partial charge in [-0.1, -0.05) is 40.1 Å². The Balaban J connectivity index is -0.000000114. The summed E-state index contributed by atoms with van der Waals surface area (Å²) in [5, 5.41) is 0. The van der Waals surface area contributed by atoms with Crippen LogP contribution in [0.4, 0.5) is 0 Å². The fourth-order valence-electron chi connectivity index (χ4n) is 0.277. The summed E-state index contributed by atoms with van der Waals surface area (Å²) in [7, 11) is 0. The average molecular weight is 324 g/mol. The van der Waals surface area contributed by atoms with Gasteiger partial charge in [-0.05, 0) is 0 Å². The van der Waals surface area contributed by atoms with Crippen LogP contribution >= 0.6 is 0 Å². The molecule has 0 N–H and O–H groups in total. The molecule has 1 radical (unpaired) electrons. The van der Waals surface area contributed by atoms with Gasteiger partial charge in [0, 0.05) is 20.4 Å². The summed E-state index contributed by atoms with van der Waals surface area (Å²) in [6.07, 6.45) is 4.34. The molecule has 0 saturated carbocycles. The zero-order chi connectivity index (χ0) is 8.24. The third kappa shape index (κ3) is 17.7. The minimum Gasteiger partial charge on any atom is -0.394 e. The first kappa shape index (κ1) is 17.1. The van der Waals surface area contributed by atoms with E-state index in [1.165, 1.54) is 0 Å². The molecule has 1 nitrogen and oxygen atoms in total. The van der Waals surface area contributed by atoms with Gasteiger partial charge in [-0.3, -0.25) is 0 Å². The van der Waals surface area contributed by atoms with Gasteiger partial charge in [0.1, 0.15) is 0 Å². The molecule has 11 heavy (non-hydrogen) atoms. The van der Waals surface area contributed by atoms with E-state index in [9.17, 15) is 0 Å². The van der Waals surface area contributed by atoms with Crippen molar-refractivity contribution in [3.05, 3.63) is 30.6 Å². The Hall–Kier alpha value is -0.188. The fourth-order valence-corrected chi connectivity index (χ4v) is 0.277. The van der Waals surface area contributed by atoms with Crippen LogP contribution in [-0.4, -0.2) is 4.98 Å². The molecule has 0 aliphatic carbocycles. The van der Waals surface area contributed by atoms with Gasteiger partial charge in [-0.2, -0.15) is 18.2 Å². The van der Waals surface area contributed by atoms with E-state index in [0.717, 1.165) is 0 Å². The van der Waals surface area contributed by atoms with Crippen LogP contribution in [0.15, 0.2) is 24.4 Å². The van der Waals surface area contributed by atoms with E-state index in [1.807, 2.05) is 39.8 Å². The van der Waals surface area contributed by atoms with Gasteiger partial charge < -0.3 is 4.98 Å². The molecular formula is C9H16NRe-. The van der Waals surface area contributed by atoms with Gasteiger partial charge in [-0.15, -0.1) is 0 Å². The van der Waals surface area contributed by atoms with Crippen molar-refractivity contribution in [3.63, 3.8) is 0 Å². The molecule has 0 aromatic carbocycles. The molecule has 1 aromatic rings. The van der Waals surface area contributed by atoms with Crippen molar-refractivity contribution < 1.29 is 20.4 Å². The number of hydrogen-bond acceptors (Lipinski definition) is 1. The smallest absolute Gasteiger partial charge is 0 e. The molecule has 0 bridgehead atoms. The number of pyridine rings is 1. The fraction of sp³-hybridized carbons (Fsp3) is 0.444. The first-order chi connectivity index (χ1) is 5.00. The topological polar surface area (TPSA) is 12.9 Å². The standard InChI is InChI=1S/C5H4N.2C2H6.Re/c1-2-4-6-5-3-1;2*1-2;/h1-4H;2*1-2H3;/q-1;;;. The molecule has 0 unspecified atom stereocenters. The third-order valence-corrected chi connectivity index (χ3v) is 0.517. The summed E-state index contributed by atoms with van der Waals surface area (Å²) < 4.78 is 0. The van der Waals surface area contributed by atoms with E-state index in [4.69, 9.17) is 0 Å². The molecule has 0 aliphatic rings. The Morgan fingerprint density at radius 3 is 1.64 bits per heavy atom. The molecule has 1 rings (SSSR count). The van der Waals surface area contributed by atoms with Crippen molar-refractivity contribution in [2.75, 3.05) is 0 Å². The summed E-state index contributed by atoms with van der Waals surface area (Å²) in [5.74, 6) is 0. The van der Waals surface area contributed by atoms with Gasteiger partial charge in [-0.25, -0.2) is 0 Å². The van der Waals surface area contributed by atoms with E-state index in [0.29, 0.717) is 0 Å². The summed E-state index contributed by atoms with van der Waals surface area (Å²) in [5.41, 5.74) is 0. The zero-order valence-electron chi connectivity index (χ0n) is 7.63. The molecule has 0 amide bonds. The SMILES string of the molecule is CC.CC.[Re].[c-]1ccccn1. The van der Waals surface area contributed by atoms with Crippen molar-refractivity contribution in [1.82, 2.24) is 4.98 Å². The van der Waals surface area contributed by atoms with E-state index >= 15 is 0 Å². The number of hydrogen-bond donors (Lipinski definition) is 0. The number of nitrogens with zero attached hydrogens (tertiary/aromatic N) is 1. The van der Waals surface area contributed by atoms with E-state index in [-0.39, 0.29) is 20.4 Å². The van der Waals surface area contributed by atoms with Crippen LogP contribution in [0.1, 0.15) is 27.7 Å². The average Bonchev–Trinajstić information content (AvgIpc) is 2.14. The van der Waals surface area contributed by atoms with Crippen LogP contribution in [0, 0.1) is 6.20 Å². The third-order valence-electron chi connectivity index (χ3n) is 0.517. The van der Waals surface area contributed by atoms with Crippen molar-refractivity contribution in [2.45, 2.75) is 27.7 Å². The summed E-state index contributed by atoms with van der Waals surface area (Å²) >= 11 is 0. The second-order valence-electron chi connectivity index (χ2n) is 0.959.